The molecule has 0 bridgehead atoms. The third-order valence-electron chi connectivity index (χ3n) is 5.12. The van der Waals surface area contributed by atoms with Gasteiger partial charge in [-0.1, -0.05) is 51.0 Å². The number of fused-ring (bicyclic) bond motifs is 3. The molecule has 0 aliphatic carbocycles. The van der Waals surface area contributed by atoms with Crippen molar-refractivity contribution in [3.63, 3.8) is 0 Å². The third kappa shape index (κ3) is 2.55. The molecule has 1 heterocycles. The first-order valence-electron chi connectivity index (χ1n) is 8.81. The van der Waals surface area contributed by atoms with Crippen LogP contribution in [0.4, 0.5) is 0 Å². The van der Waals surface area contributed by atoms with Crippen LogP contribution in [0.5, 0.6) is 0 Å². The number of H-pyrrole nitrogens is 1. The number of nitrogens with one attached hydrogen (secondary N) is 1. The highest BCUT2D eigenvalue weighted by atomic mass is 14.8. The summed E-state index contributed by atoms with van der Waals surface area (Å²) in [6.07, 6.45) is 4.26. The van der Waals surface area contributed by atoms with Crippen molar-refractivity contribution in [3.8, 4) is 0 Å². The van der Waals surface area contributed by atoms with Gasteiger partial charge in [0.15, 0.2) is 0 Å². The van der Waals surface area contributed by atoms with Gasteiger partial charge in [0.25, 0.3) is 0 Å². The lowest BCUT2D eigenvalue weighted by molar-refractivity contribution is 0.372. The summed E-state index contributed by atoms with van der Waals surface area (Å²) in [7, 11) is 0. The van der Waals surface area contributed by atoms with Crippen LogP contribution in [0.1, 0.15) is 56.2 Å². The third-order valence-corrected chi connectivity index (χ3v) is 5.12. The molecule has 0 atom stereocenters. The second kappa shape index (κ2) is 6.01. The summed E-state index contributed by atoms with van der Waals surface area (Å²) in [6, 6.07) is 11.0. The number of hydrogen-bond donors (Lipinski definition) is 2. The molecule has 2 heteroatoms. The fraction of sp³-hybridized carbons (Fsp3) is 0.429. The molecule has 0 aliphatic heterocycles. The molecule has 1 aromatic heterocycles. The summed E-state index contributed by atoms with van der Waals surface area (Å²) in [5, 5.41) is 2.67. The molecule has 3 rings (SSSR count). The Hall–Kier alpha value is -1.80. The molecule has 0 unspecified atom stereocenters. The normalized spacial score (nSPS) is 12.4. The van der Waals surface area contributed by atoms with Crippen LogP contribution in [0.2, 0.25) is 0 Å². The highest BCUT2D eigenvalue weighted by Gasteiger charge is 2.28. The minimum Gasteiger partial charge on any atom is -0.354 e. The molecule has 2 nitrogen and oxygen atoms in total. The summed E-state index contributed by atoms with van der Waals surface area (Å²) in [6.45, 7) is 8.82. The van der Waals surface area contributed by atoms with Gasteiger partial charge in [0.05, 0.1) is 0 Å². The Morgan fingerprint density at radius 1 is 0.913 bits per heavy atom. The molecular formula is C21H28N2. The van der Waals surface area contributed by atoms with Crippen molar-refractivity contribution in [2.75, 3.05) is 0 Å². The van der Waals surface area contributed by atoms with Gasteiger partial charge in [0.2, 0.25) is 0 Å². The zero-order valence-electron chi connectivity index (χ0n) is 14.8. The summed E-state index contributed by atoms with van der Waals surface area (Å²) in [5.41, 5.74) is 13.1. The molecule has 122 valence electrons. The Labute approximate surface area is 139 Å². The standard InChI is InChI=1S/C21H28N2/c1-5-12-21(22,13-6-2)16-8-7-9-17-19(16)18-14(3)10-11-15(4)20(18)23-17/h7-11,23H,5-6,12-13,22H2,1-4H3. The van der Waals surface area contributed by atoms with Crippen molar-refractivity contribution in [3.05, 3.63) is 47.0 Å². The molecule has 3 aromatic rings. The van der Waals surface area contributed by atoms with E-state index in [4.69, 9.17) is 5.73 Å². The molecule has 0 saturated heterocycles. The average Bonchev–Trinajstić information content (AvgIpc) is 2.92. The summed E-state index contributed by atoms with van der Waals surface area (Å²) in [5.74, 6) is 0. The van der Waals surface area contributed by atoms with E-state index >= 15 is 0 Å². The predicted molar refractivity (Wildman–Crippen MR) is 101 cm³/mol. The maximum atomic E-state index is 6.93. The van der Waals surface area contributed by atoms with Gasteiger partial charge in [0, 0.05) is 27.3 Å². The molecule has 0 radical (unpaired) electrons. The predicted octanol–water partition coefficient (Wildman–Crippen LogP) is 5.69. The summed E-state index contributed by atoms with van der Waals surface area (Å²) in [4.78, 5) is 3.63. The van der Waals surface area contributed by atoms with E-state index in [0.29, 0.717) is 0 Å². The minimum atomic E-state index is -0.242. The molecule has 3 N–H and O–H groups in total. The molecular weight excluding hydrogens is 280 g/mol. The van der Waals surface area contributed by atoms with E-state index in [9.17, 15) is 0 Å². The molecule has 2 aromatic carbocycles. The number of aryl methyl sites for hydroxylation is 2. The molecule has 0 fully saturated rings. The van der Waals surface area contributed by atoms with E-state index in [1.165, 1.54) is 38.5 Å². The van der Waals surface area contributed by atoms with Crippen molar-refractivity contribution < 1.29 is 0 Å². The smallest absolute Gasteiger partial charge is 0.0497 e. The lowest BCUT2D eigenvalue weighted by Crippen LogP contribution is -2.36. The van der Waals surface area contributed by atoms with E-state index in [1.807, 2.05) is 0 Å². The maximum Gasteiger partial charge on any atom is 0.0497 e. The Bertz CT molecular complexity index is 836. The minimum absolute atomic E-state index is 0.242. The lowest BCUT2D eigenvalue weighted by Gasteiger charge is -2.30. The summed E-state index contributed by atoms with van der Waals surface area (Å²) < 4.78 is 0. The van der Waals surface area contributed by atoms with Gasteiger partial charge in [-0.25, -0.2) is 0 Å². The zero-order chi connectivity index (χ0) is 16.6. The van der Waals surface area contributed by atoms with E-state index in [2.05, 4.69) is 63.0 Å². The Balaban J connectivity index is 2.40. The van der Waals surface area contributed by atoms with Crippen LogP contribution in [-0.2, 0) is 5.54 Å². The van der Waals surface area contributed by atoms with Crippen LogP contribution < -0.4 is 5.73 Å². The Morgan fingerprint density at radius 2 is 1.57 bits per heavy atom. The van der Waals surface area contributed by atoms with Gasteiger partial charge < -0.3 is 10.7 Å². The monoisotopic (exact) mass is 308 g/mol. The highest BCUT2D eigenvalue weighted by molar-refractivity contribution is 6.11. The van der Waals surface area contributed by atoms with Crippen molar-refractivity contribution in [1.29, 1.82) is 0 Å². The van der Waals surface area contributed by atoms with Crippen LogP contribution in [0, 0.1) is 13.8 Å². The van der Waals surface area contributed by atoms with Crippen molar-refractivity contribution in [2.24, 2.45) is 5.73 Å². The van der Waals surface area contributed by atoms with Gasteiger partial charge in [-0.15, -0.1) is 0 Å². The van der Waals surface area contributed by atoms with Crippen molar-refractivity contribution in [1.82, 2.24) is 4.98 Å². The van der Waals surface area contributed by atoms with E-state index in [1.54, 1.807) is 0 Å². The van der Waals surface area contributed by atoms with Gasteiger partial charge in [-0.05, 0) is 49.4 Å². The van der Waals surface area contributed by atoms with E-state index in [-0.39, 0.29) is 5.54 Å². The quantitative estimate of drug-likeness (QED) is 0.624. The maximum absolute atomic E-state index is 6.93. The number of rotatable bonds is 5. The SMILES string of the molecule is CCCC(N)(CCC)c1cccc2[nH]c3c(C)ccc(C)c3c12. The molecule has 0 saturated carbocycles. The van der Waals surface area contributed by atoms with Gasteiger partial charge in [-0.2, -0.15) is 0 Å². The van der Waals surface area contributed by atoms with Crippen LogP contribution in [0.25, 0.3) is 21.8 Å². The van der Waals surface area contributed by atoms with E-state index in [0.717, 1.165) is 25.7 Å². The second-order valence-electron chi connectivity index (χ2n) is 6.96. The highest BCUT2D eigenvalue weighted by Crippen LogP contribution is 2.39. The number of aromatic nitrogens is 1. The van der Waals surface area contributed by atoms with Crippen LogP contribution >= 0.6 is 0 Å². The van der Waals surface area contributed by atoms with Crippen LogP contribution in [0.3, 0.4) is 0 Å². The summed E-state index contributed by atoms with van der Waals surface area (Å²) >= 11 is 0. The first kappa shape index (κ1) is 16.1. The number of hydrogen-bond acceptors (Lipinski definition) is 1. The first-order valence-corrected chi connectivity index (χ1v) is 8.81. The topological polar surface area (TPSA) is 41.8 Å². The second-order valence-corrected chi connectivity index (χ2v) is 6.96. The van der Waals surface area contributed by atoms with Gasteiger partial charge >= 0.3 is 0 Å². The fourth-order valence-corrected chi connectivity index (χ4v) is 4.06. The Morgan fingerprint density at radius 3 is 2.22 bits per heavy atom. The number of aromatic amines is 1. The molecule has 0 spiro atoms. The average molecular weight is 308 g/mol. The van der Waals surface area contributed by atoms with Crippen molar-refractivity contribution in [2.45, 2.75) is 58.9 Å². The lowest BCUT2D eigenvalue weighted by atomic mass is 9.80. The van der Waals surface area contributed by atoms with Crippen LogP contribution in [-0.4, -0.2) is 4.98 Å². The van der Waals surface area contributed by atoms with Gasteiger partial charge in [0.1, 0.15) is 0 Å². The van der Waals surface area contributed by atoms with Gasteiger partial charge in [-0.3, -0.25) is 0 Å². The van der Waals surface area contributed by atoms with E-state index < -0.39 is 0 Å². The number of benzene rings is 2. The fourth-order valence-electron chi connectivity index (χ4n) is 4.06. The zero-order valence-corrected chi connectivity index (χ0v) is 14.8. The molecule has 0 amide bonds. The Kier molecular flexibility index (Phi) is 4.20. The van der Waals surface area contributed by atoms with Crippen molar-refractivity contribution >= 4 is 21.8 Å². The first-order chi connectivity index (χ1) is 11.0. The molecule has 0 aliphatic rings. The molecule has 23 heavy (non-hydrogen) atoms. The number of nitrogens with two attached hydrogens (primary N) is 1. The largest absolute Gasteiger partial charge is 0.354 e. The van der Waals surface area contributed by atoms with Crippen LogP contribution in [0.15, 0.2) is 30.3 Å².